The van der Waals surface area contributed by atoms with E-state index in [1.165, 1.54) is 0 Å². The molecule has 0 aliphatic carbocycles. The van der Waals surface area contributed by atoms with E-state index in [4.69, 9.17) is 5.26 Å². The van der Waals surface area contributed by atoms with E-state index in [0.29, 0.717) is 16.9 Å². The van der Waals surface area contributed by atoms with Gasteiger partial charge < -0.3 is 0 Å². The molecule has 4 aromatic rings. The maximum atomic E-state index is 14.3. The first-order chi connectivity index (χ1) is 13.2. The maximum Gasteiger partial charge on any atom is 0.187 e. The number of hydrogen-bond donors (Lipinski definition) is 0. The van der Waals surface area contributed by atoms with Crippen LogP contribution >= 0.6 is 0 Å². The molecule has 130 valence electrons. The summed E-state index contributed by atoms with van der Waals surface area (Å²) in [5.74, 6) is -0.923. The highest BCUT2D eigenvalue weighted by molar-refractivity contribution is 5.75. The number of nitriles is 1. The molecule has 2 aromatic carbocycles. The molecule has 0 unspecified atom stereocenters. The van der Waals surface area contributed by atoms with E-state index in [2.05, 4.69) is 15.2 Å². The highest BCUT2D eigenvalue weighted by Gasteiger charge is 2.17. The van der Waals surface area contributed by atoms with Crippen molar-refractivity contribution in [2.75, 3.05) is 0 Å². The van der Waals surface area contributed by atoms with Crippen LogP contribution in [0.1, 0.15) is 5.56 Å². The highest BCUT2D eigenvalue weighted by Crippen LogP contribution is 2.34. The first kappa shape index (κ1) is 16.5. The van der Waals surface area contributed by atoms with Crippen LogP contribution in [0.4, 0.5) is 20.3 Å². The second kappa shape index (κ2) is 6.77. The van der Waals surface area contributed by atoms with Crippen LogP contribution in [0, 0.1) is 23.0 Å². The molecule has 0 fully saturated rings. The topological polar surface area (TPSA) is 65.8 Å². The first-order valence-corrected chi connectivity index (χ1v) is 8.00. The van der Waals surface area contributed by atoms with E-state index < -0.39 is 11.6 Å². The van der Waals surface area contributed by atoms with Gasteiger partial charge in [0.2, 0.25) is 0 Å². The number of aromatic nitrogens is 2. The summed E-state index contributed by atoms with van der Waals surface area (Å²) >= 11 is 0. The van der Waals surface area contributed by atoms with Crippen molar-refractivity contribution in [2.24, 2.45) is 10.2 Å². The SMILES string of the molecule is N#Cc1cccc(N=Nc2c(-c3cc(F)ccc3F)nc3ccccn23)c1. The lowest BCUT2D eigenvalue weighted by molar-refractivity contribution is 0.603. The summed E-state index contributed by atoms with van der Waals surface area (Å²) in [6.45, 7) is 0. The summed E-state index contributed by atoms with van der Waals surface area (Å²) in [7, 11) is 0. The van der Waals surface area contributed by atoms with Gasteiger partial charge in [-0.25, -0.2) is 13.8 Å². The van der Waals surface area contributed by atoms with E-state index in [0.717, 1.165) is 18.2 Å². The minimum absolute atomic E-state index is 0.00146. The summed E-state index contributed by atoms with van der Waals surface area (Å²) in [5.41, 5.74) is 1.61. The summed E-state index contributed by atoms with van der Waals surface area (Å²) < 4.78 is 29.6. The summed E-state index contributed by atoms with van der Waals surface area (Å²) in [5, 5.41) is 17.3. The van der Waals surface area contributed by atoms with Crippen molar-refractivity contribution in [3.8, 4) is 17.3 Å². The van der Waals surface area contributed by atoms with Gasteiger partial charge in [0.05, 0.1) is 17.3 Å². The number of azo groups is 1. The molecule has 0 spiro atoms. The van der Waals surface area contributed by atoms with Crippen LogP contribution in [0.25, 0.3) is 16.9 Å². The van der Waals surface area contributed by atoms with E-state index in [-0.39, 0.29) is 17.1 Å². The molecule has 27 heavy (non-hydrogen) atoms. The van der Waals surface area contributed by atoms with Crippen molar-refractivity contribution < 1.29 is 8.78 Å². The Morgan fingerprint density at radius 2 is 1.85 bits per heavy atom. The zero-order valence-corrected chi connectivity index (χ0v) is 13.8. The smallest absolute Gasteiger partial charge is 0.187 e. The Bertz CT molecular complexity index is 1220. The predicted octanol–water partition coefficient (Wildman–Crippen LogP) is 5.57. The molecule has 0 aliphatic rings. The minimum atomic E-state index is -0.609. The van der Waals surface area contributed by atoms with E-state index >= 15 is 0 Å². The van der Waals surface area contributed by atoms with Gasteiger partial charge in [-0.2, -0.15) is 5.26 Å². The molecular weight excluding hydrogens is 348 g/mol. The fourth-order valence-electron chi connectivity index (χ4n) is 2.68. The van der Waals surface area contributed by atoms with Crippen molar-refractivity contribution in [1.29, 1.82) is 5.26 Å². The van der Waals surface area contributed by atoms with Gasteiger partial charge >= 0.3 is 0 Å². The summed E-state index contributed by atoms with van der Waals surface area (Å²) in [6.07, 6.45) is 1.71. The van der Waals surface area contributed by atoms with Crippen LogP contribution in [-0.4, -0.2) is 9.38 Å². The molecule has 0 aliphatic heterocycles. The number of benzene rings is 2. The number of halogens is 2. The van der Waals surface area contributed by atoms with Gasteiger partial charge in [-0.15, -0.1) is 10.2 Å². The van der Waals surface area contributed by atoms with Gasteiger partial charge in [0.1, 0.15) is 23.0 Å². The molecule has 2 heterocycles. The molecule has 0 amide bonds. The van der Waals surface area contributed by atoms with Crippen molar-refractivity contribution >= 4 is 17.2 Å². The lowest BCUT2D eigenvalue weighted by Gasteiger charge is -2.02. The zero-order valence-electron chi connectivity index (χ0n) is 13.8. The predicted molar refractivity (Wildman–Crippen MR) is 95.9 cm³/mol. The van der Waals surface area contributed by atoms with E-state index in [1.807, 2.05) is 6.07 Å². The van der Waals surface area contributed by atoms with Crippen molar-refractivity contribution in [3.05, 3.63) is 84.1 Å². The van der Waals surface area contributed by atoms with Crippen LogP contribution < -0.4 is 0 Å². The van der Waals surface area contributed by atoms with Crippen LogP contribution in [0.2, 0.25) is 0 Å². The molecule has 0 radical (unpaired) electrons. The maximum absolute atomic E-state index is 14.3. The molecule has 7 heteroatoms. The minimum Gasteiger partial charge on any atom is -0.283 e. The van der Waals surface area contributed by atoms with Crippen LogP contribution in [0.3, 0.4) is 0 Å². The van der Waals surface area contributed by atoms with Gasteiger partial charge in [-0.1, -0.05) is 12.1 Å². The largest absolute Gasteiger partial charge is 0.283 e. The molecule has 4 rings (SSSR count). The number of hydrogen-bond acceptors (Lipinski definition) is 4. The fourth-order valence-corrected chi connectivity index (χ4v) is 2.68. The molecule has 0 saturated carbocycles. The zero-order chi connectivity index (χ0) is 18.8. The summed E-state index contributed by atoms with van der Waals surface area (Å²) in [6, 6.07) is 17.1. The summed E-state index contributed by atoms with van der Waals surface area (Å²) in [4.78, 5) is 4.38. The Kier molecular flexibility index (Phi) is 4.15. The quantitative estimate of drug-likeness (QED) is 0.449. The van der Waals surface area contributed by atoms with Crippen molar-refractivity contribution in [1.82, 2.24) is 9.38 Å². The van der Waals surface area contributed by atoms with E-state index in [9.17, 15) is 8.78 Å². The van der Waals surface area contributed by atoms with E-state index in [1.54, 1.807) is 53.1 Å². The number of imidazole rings is 1. The monoisotopic (exact) mass is 359 g/mol. The number of pyridine rings is 1. The van der Waals surface area contributed by atoms with Gasteiger partial charge in [-0.3, -0.25) is 4.40 Å². The van der Waals surface area contributed by atoms with Crippen LogP contribution in [-0.2, 0) is 0 Å². The third-order valence-electron chi connectivity index (χ3n) is 3.92. The van der Waals surface area contributed by atoms with Gasteiger partial charge in [0.15, 0.2) is 5.82 Å². The number of nitrogens with zero attached hydrogens (tertiary/aromatic N) is 5. The Morgan fingerprint density at radius 1 is 0.963 bits per heavy atom. The Labute approximate surface area is 152 Å². The Hall–Kier alpha value is -3.92. The van der Waals surface area contributed by atoms with Crippen LogP contribution in [0.5, 0.6) is 0 Å². The Balaban J connectivity index is 1.90. The fraction of sp³-hybridized carbons (Fsp3) is 0. The third kappa shape index (κ3) is 3.16. The molecular formula is C20H11F2N5. The van der Waals surface area contributed by atoms with Gasteiger partial charge in [0, 0.05) is 11.8 Å². The lowest BCUT2D eigenvalue weighted by atomic mass is 10.1. The number of rotatable bonds is 3. The average molecular weight is 359 g/mol. The molecule has 0 atom stereocenters. The second-order valence-electron chi connectivity index (χ2n) is 5.70. The second-order valence-corrected chi connectivity index (χ2v) is 5.70. The normalized spacial score (nSPS) is 11.1. The standard InChI is InChI=1S/C20H11F2N5/c21-14-7-8-17(22)16(11-14)19-20(27-9-2-1-6-18(27)24-19)26-25-15-5-3-4-13(10-15)12-23/h1-11H. The van der Waals surface area contributed by atoms with Crippen LogP contribution in [0.15, 0.2) is 77.1 Å². The van der Waals surface area contributed by atoms with Gasteiger partial charge in [0.25, 0.3) is 0 Å². The average Bonchev–Trinajstić information content (AvgIpc) is 3.06. The Morgan fingerprint density at radius 3 is 2.70 bits per heavy atom. The molecule has 2 aromatic heterocycles. The highest BCUT2D eigenvalue weighted by atomic mass is 19.1. The van der Waals surface area contributed by atoms with Crippen molar-refractivity contribution in [3.63, 3.8) is 0 Å². The third-order valence-corrected chi connectivity index (χ3v) is 3.92. The molecule has 0 saturated heterocycles. The molecule has 0 N–H and O–H groups in total. The molecule has 5 nitrogen and oxygen atoms in total. The first-order valence-electron chi connectivity index (χ1n) is 8.00. The lowest BCUT2D eigenvalue weighted by Crippen LogP contribution is -1.87. The van der Waals surface area contributed by atoms with Crippen molar-refractivity contribution in [2.45, 2.75) is 0 Å². The molecule has 0 bridgehead atoms. The number of fused-ring (bicyclic) bond motifs is 1. The van der Waals surface area contributed by atoms with Gasteiger partial charge in [-0.05, 0) is 48.5 Å².